The molecule has 1 fully saturated rings. The Kier molecular flexibility index (Phi) is 2.95. The average molecular weight is 169 g/mol. The van der Waals surface area contributed by atoms with Crippen LogP contribution in [0.4, 0.5) is 0 Å². The summed E-state index contributed by atoms with van der Waals surface area (Å²) in [5.41, 5.74) is 5.73. The summed E-state index contributed by atoms with van der Waals surface area (Å²) in [4.78, 5) is 6.16. The van der Waals surface area contributed by atoms with Crippen LogP contribution in [0.2, 0.25) is 0 Å². The Labute approximate surface area is 74.6 Å². The van der Waals surface area contributed by atoms with E-state index in [1.54, 1.807) is 7.05 Å². The molecule has 2 N–H and O–H groups in total. The number of piperidine rings is 1. The summed E-state index contributed by atoms with van der Waals surface area (Å²) in [6.07, 6.45) is 1.23. The quantitative estimate of drug-likeness (QED) is 0.432. The highest BCUT2D eigenvalue weighted by Gasteiger charge is 2.23. The molecule has 1 aliphatic heterocycles. The van der Waals surface area contributed by atoms with Crippen molar-refractivity contribution >= 4 is 5.96 Å². The summed E-state index contributed by atoms with van der Waals surface area (Å²) in [6, 6.07) is 0. The number of hydrogen-bond acceptors (Lipinski definition) is 1. The second-order valence-electron chi connectivity index (χ2n) is 3.77. The Hall–Kier alpha value is -0.730. The summed E-state index contributed by atoms with van der Waals surface area (Å²) < 4.78 is 0. The van der Waals surface area contributed by atoms with Crippen LogP contribution in [0.25, 0.3) is 0 Å². The first-order chi connectivity index (χ1) is 5.65. The maximum atomic E-state index is 5.73. The van der Waals surface area contributed by atoms with Gasteiger partial charge in [0.05, 0.1) is 0 Å². The van der Waals surface area contributed by atoms with Crippen LogP contribution in [0.1, 0.15) is 20.3 Å². The van der Waals surface area contributed by atoms with Crippen molar-refractivity contribution < 1.29 is 0 Å². The minimum absolute atomic E-state index is 0.689. The fraction of sp³-hybridized carbons (Fsp3) is 0.889. The normalized spacial score (nSPS) is 32.2. The molecule has 2 atom stereocenters. The van der Waals surface area contributed by atoms with Crippen molar-refractivity contribution in [3.63, 3.8) is 0 Å². The molecule has 0 radical (unpaired) electrons. The molecule has 0 amide bonds. The van der Waals surface area contributed by atoms with Crippen LogP contribution in [0.5, 0.6) is 0 Å². The summed E-state index contributed by atoms with van der Waals surface area (Å²) >= 11 is 0. The van der Waals surface area contributed by atoms with Gasteiger partial charge in [-0.05, 0) is 18.3 Å². The molecule has 3 nitrogen and oxygen atoms in total. The summed E-state index contributed by atoms with van der Waals surface area (Å²) in [7, 11) is 1.75. The zero-order valence-electron chi connectivity index (χ0n) is 8.25. The summed E-state index contributed by atoms with van der Waals surface area (Å²) in [5, 5.41) is 0. The number of aliphatic imine (C=N–C) groups is 1. The van der Waals surface area contributed by atoms with Gasteiger partial charge in [0.1, 0.15) is 0 Å². The highest BCUT2D eigenvalue weighted by molar-refractivity contribution is 5.77. The molecule has 0 spiro atoms. The highest BCUT2D eigenvalue weighted by Crippen LogP contribution is 2.21. The Balaban J connectivity index is 2.51. The van der Waals surface area contributed by atoms with Crippen molar-refractivity contribution in [1.29, 1.82) is 0 Å². The summed E-state index contributed by atoms with van der Waals surface area (Å²) in [5.74, 6) is 2.25. The predicted octanol–water partition coefficient (Wildman–Crippen LogP) is 0.909. The molecule has 0 aromatic carbocycles. The van der Waals surface area contributed by atoms with E-state index < -0.39 is 0 Å². The topological polar surface area (TPSA) is 41.6 Å². The molecular weight excluding hydrogens is 150 g/mol. The SMILES string of the molecule is CN=C(N)N1CCC(C)C(C)C1. The number of nitrogens with zero attached hydrogens (tertiary/aromatic N) is 2. The minimum atomic E-state index is 0.689. The van der Waals surface area contributed by atoms with Gasteiger partial charge in [0, 0.05) is 20.1 Å². The number of likely N-dealkylation sites (tertiary alicyclic amines) is 1. The zero-order valence-corrected chi connectivity index (χ0v) is 8.25. The lowest BCUT2D eigenvalue weighted by molar-refractivity contribution is 0.203. The molecular formula is C9H19N3. The first-order valence-electron chi connectivity index (χ1n) is 4.62. The maximum absolute atomic E-state index is 5.73. The van der Waals surface area contributed by atoms with Crippen LogP contribution in [-0.4, -0.2) is 31.0 Å². The maximum Gasteiger partial charge on any atom is 0.190 e. The smallest absolute Gasteiger partial charge is 0.190 e. The first-order valence-corrected chi connectivity index (χ1v) is 4.62. The second-order valence-corrected chi connectivity index (χ2v) is 3.77. The van der Waals surface area contributed by atoms with Gasteiger partial charge in [-0.3, -0.25) is 4.99 Å². The van der Waals surface area contributed by atoms with Gasteiger partial charge >= 0.3 is 0 Å². The van der Waals surface area contributed by atoms with Crippen molar-refractivity contribution in [1.82, 2.24) is 4.90 Å². The van der Waals surface area contributed by atoms with E-state index >= 15 is 0 Å². The van der Waals surface area contributed by atoms with E-state index in [9.17, 15) is 0 Å². The van der Waals surface area contributed by atoms with Crippen molar-refractivity contribution in [2.45, 2.75) is 20.3 Å². The zero-order chi connectivity index (χ0) is 9.14. The molecule has 70 valence electrons. The third-order valence-corrected chi connectivity index (χ3v) is 2.89. The second kappa shape index (κ2) is 3.78. The molecule has 0 aromatic heterocycles. The van der Waals surface area contributed by atoms with E-state index in [1.807, 2.05) is 0 Å². The van der Waals surface area contributed by atoms with Gasteiger partial charge in [0.15, 0.2) is 5.96 Å². The van der Waals surface area contributed by atoms with Gasteiger partial charge in [-0.1, -0.05) is 13.8 Å². The Morgan fingerprint density at radius 2 is 2.08 bits per heavy atom. The van der Waals surface area contributed by atoms with Crippen LogP contribution in [0.15, 0.2) is 4.99 Å². The van der Waals surface area contributed by atoms with E-state index in [4.69, 9.17) is 5.73 Å². The fourth-order valence-corrected chi connectivity index (χ4v) is 1.61. The van der Waals surface area contributed by atoms with E-state index in [0.29, 0.717) is 5.96 Å². The molecule has 0 aromatic rings. The highest BCUT2D eigenvalue weighted by atomic mass is 15.3. The molecule has 1 heterocycles. The number of hydrogen-bond donors (Lipinski definition) is 1. The van der Waals surface area contributed by atoms with Gasteiger partial charge < -0.3 is 10.6 Å². The number of guanidine groups is 1. The van der Waals surface area contributed by atoms with Crippen LogP contribution in [0, 0.1) is 11.8 Å². The molecule has 1 aliphatic rings. The van der Waals surface area contributed by atoms with Crippen molar-refractivity contribution in [3.05, 3.63) is 0 Å². The van der Waals surface area contributed by atoms with Gasteiger partial charge in [-0.25, -0.2) is 0 Å². The van der Waals surface area contributed by atoms with Gasteiger partial charge in [0.25, 0.3) is 0 Å². The molecule has 0 aliphatic carbocycles. The molecule has 1 rings (SSSR count). The van der Waals surface area contributed by atoms with Crippen LogP contribution in [-0.2, 0) is 0 Å². The van der Waals surface area contributed by atoms with Gasteiger partial charge in [-0.15, -0.1) is 0 Å². The number of rotatable bonds is 0. The molecule has 12 heavy (non-hydrogen) atoms. The molecule has 0 saturated carbocycles. The van der Waals surface area contributed by atoms with Crippen LogP contribution in [0.3, 0.4) is 0 Å². The monoisotopic (exact) mass is 169 g/mol. The average Bonchev–Trinajstić information content (AvgIpc) is 2.08. The number of nitrogens with two attached hydrogens (primary N) is 1. The van der Waals surface area contributed by atoms with Crippen molar-refractivity contribution in [2.75, 3.05) is 20.1 Å². The lowest BCUT2D eigenvalue weighted by atomic mass is 9.89. The Morgan fingerprint density at radius 3 is 2.58 bits per heavy atom. The van der Waals surface area contributed by atoms with Crippen LogP contribution < -0.4 is 5.73 Å². The Morgan fingerprint density at radius 1 is 1.42 bits per heavy atom. The predicted molar refractivity (Wildman–Crippen MR) is 52.1 cm³/mol. The standard InChI is InChI=1S/C9H19N3/c1-7-4-5-12(6-8(7)2)9(10)11-3/h7-8H,4-6H2,1-3H3,(H2,10,11). The third-order valence-electron chi connectivity index (χ3n) is 2.89. The van der Waals surface area contributed by atoms with Crippen molar-refractivity contribution in [3.8, 4) is 0 Å². The van der Waals surface area contributed by atoms with Crippen molar-refractivity contribution in [2.24, 2.45) is 22.6 Å². The van der Waals surface area contributed by atoms with E-state index in [2.05, 4.69) is 23.7 Å². The van der Waals surface area contributed by atoms with Gasteiger partial charge in [0.2, 0.25) is 0 Å². The molecule has 3 heteroatoms. The lowest BCUT2D eigenvalue weighted by Gasteiger charge is -2.35. The third kappa shape index (κ3) is 1.90. The molecule has 1 saturated heterocycles. The van der Waals surface area contributed by atoms with Gasteiger partial charge in [-0.2, -0.15) is 0 Å². The lowest BCUT2D eigenvalue weighted by Crippen LogP contribution is -2.45. The Bertz CT molecular complexity index is 177. The van der Waals surface area contributed by atoms with E-state index in [-0.39, 0.29) is 0 Å². The minimum Gasteiger partial charge on any atom is -0.370 e. The van der Waals surface area contributed by atoms with E-state index in [1.165, 1.54) is 6.42 Å². The molecule has 2 unspecified atom stereocenters. The summed E-state index contributed by atoms with van der Waals surface area (Å²) in [6.45, 7) is 6.71. The largest absolute Gasteiger partial charge is 0.370 e. The molecule has 0 bridgehead atoms. The first kappa shape index (κ1) is 9.36. The van der Waals surface area contributed by atoms with E-state index in [0.717, 1.165) is 24.9 Å². The van der Waals surface area contributed by atoms with Crippen LogP contribution >= 0.6 is 0 Å². The fourth-order valence-electron chi connectivity index (χ4n) is 1.61.